The van der Waals surface area contributed by atoms with E-state index >= 15 is 0 Å². The summed E-state index contributed by atoms with van der Waals surface area (Å²) >= 11 is 0. The van der Waals surface area contributed by atoms with Crippen LogP contribution in [0.1, 0.15) is 59.8 Å². The number of likely N-dealkylation sites (tertiary alicyclic amines) is 2. The van der Waals surface area contributed by atoms with Crippen molar-refractivity contribution in [3.8, 4) is 0 Å². The maximum Gasteiger partial charge on any atom is 0.410 e. The zero-order valence-electron chi connectivity index (χ0n) is 20.3. The number of guanidine groups is 1. The molecule has 2 saturated heterocycles. The van der Waals surface area contributed by atoms with Crippen LogP contribution in [0.3, 0.4) is 0 Å². The van der Waals surface area contributed by atoms with Crippen LogP contribution in [0.2, 0.25) is 0 Å². The maximum absolute atomic E-state index is 12.3. The molecule has 2 amide bonds. The molecule has 1 unspecified atom stereocenters. The molecule has 1 atom stereocenters. The summed E-state index contributed by atoms with van der Waals surface area (Å²) in [5.41, 5.74) is -0.462. The third-order valence-corrected chi connectivity index (χ3v) is 5.60. The third kappa shape index (κ3) is 9.99. The highest BCUT2D eigenvalue weighted by Gasteiger charge is 2.28. The fourth-order valence-corrected chi connectivity index (χ4v) is 4.00. The Morgan fingerprint density at radius 3 is 2.34 bits per heavy atom. The number of aliphatic imine (C=N–C) groups is 1. The molecule has 0 aliphatic carbocycles. The quantitative estimate of drug-likeness (QED) is 0.301. The number of piperidine rings is 2. The third-order valence-electron chi connectivity index (χ3n) is 5.60. The summed E-state index contributed by atoms with van der Waals surface area (Å²) < 4.78 is 10.6. The van der Waals surface area contributed by atoms with E-state index in [0.29, 0.717) is 25.6 Å². The Hall–Kier alpha value is -1.46. The number of rotatable bonds is 5. The summed E-state index contributed by atoms with van der Waals surface area (Å²) in [6.45, 7) is 11.6. The molecule has 2 fully saturated rings. The highest BCUT2D eigenvalue weighted by Crippen LogP contribution is 2.21. The monoisotopic (exact) mass is 567 g/mol. The molecule has 0 aromatic carbocycles. The van der Waals surface area contributed by atoms with Crippen LogP contribution in [0, 0.1) is 5.92 Å². The summed E-state index contributed by atoms with van der Waals surface area (Å²) in [4.78, 5) is 32.1. The number of ether oxygens (including phenoxy) is 2. The minimum Gasteiger partial charge on any atom is -0.450 e. The van der Waals surface area contributed by atoms with Gasteiger partial charge in [-0.2, -0.15) is 0 Å². The zero-order valence-corrected chi connectivity index (χ0v) is 22.6. The Labute approximate surface area is 210 Å². The van der Waals surface area contributed by atoms with Crippen molar-refractivity contribution < 1.29 is 19.1 Å². The Kier molecular flexibility index (Phi) is 12.5. The second-order valence-electron chi connectivity index (χ2n) is 9.33. The fourth-order valence-electron chi connectivity index (χ4n) is 4.00. The average molecular weight is 568 g/mol. The fraction of sp³-hybridized carbons (Fsp3) is 0.864. The van der Waals surface area contributed by atoms with Crippen LogP contribution in [0.4, 0.5) is 9.59 Å². The molecule has 0 aromatic heterocycles. The molecule has 2 N–H and O–H groups in total. The molecule has 186 valence electrons. The molecular weight excluding hydrogens is 525 g/mol. The first-order valence-corrected chi connectivity index (χ1v) is 11.6. The molecule has 2 rings (SSSR count). The van der Waals surface area contributed by atoms with Crippen molar-refractivity contribution in [1.29, 1.82) is 0 Å². The highest BCUT2D eigenvalue weighted by atomic mass is 127. The molecule has 32 heavy (non-hydrogen) atoms. The molecule has 2 aliphatic heterocycles. The maximum atomic E-state index is 12.3. The number of carbonyl (C=O) groups excluding carboxylic acids is 2. The van der Waals surface area contributed by atoms with E-state index in [4.69, 9.17) is 9.47 Å². The summed E-state index contributed by atoms with van der Waals surface area (Å²) in [7, 11) is 1.77. The molecule has 9 nitrogen and oxygen atoms in total. The summed E-state index contributed by atoms with van der Waals surface area (Å²) in [5.74, 6) is 1.24. The van der Waals surface area contributed by atoms with Crippen LogP contribution in [0.5, 0.6) is 0 Å². The topological polar surface area (TPSA) is 95.5 Å². The second kappa shape index (κ2) is 13.9. The van der Waals surface area contributed by atoms with E-state index in [1.54, 1.807) is 11.9 Å². The zero-order chi connectivity index (χ0) is 22.9. The summed E-state index contributed by atoms with van der Waals surface area (Å²) in [6.07, 6.45) is 4.41. The molecule has 2 aliphatic rings. The van der Waals surface area contributed by atoms with Crippen LogP contribution in [-0.2, 0) is 9.47 Å². The van der Waals surface area contributed by atoms with Gasteiger partial charge in [-0.05, 0) is 65.7 Å². The van der Waals surface area contributed by atoms with Gasteiger partial charge in [0.15, 0.2) is 5.96 Å². The van der Waals surface area contributed by atoms with E-state index in [9.17, 15) is 9.59 Å². The van der Waals surface area contributed by atoms with Crippen molar-refractivity contribution in [2.45, 2.75) is 71.4 Å². The predicted molar refractivity (Wildman–Crippen MR) is 137 cm³/mol. The summed E-state index contributed by atoms with van der Waals surface area (Å²) in [6, 6.07) is 0.286. The number of halogens is 1. The van der Waals surface area contributed by atoms with Gasteiger partial charge in [-0.15, -0.1) is 24.0 Å². The Morgan fingerprint density at radius 2 is 1.75 bits per heavy atom. The van der Waals surface area contributed by atoms with Crippen LogP contribution >= 0.6 is 24.0 Å². The number of nitrogens with zero attached hydrogens (tertiary/aromatic N) is 3. The molecule has 0 aromatic rings. The normalized spacial score (nSPS) is 20.3. The van der Waals surface area contributed by atoms with Crippen molar-refractivity contribution in [3.05, 3.63) is 0 Å². The first-order chi connectivity index (χ1) is 14.7. The lowest BCUT2D eigenvalue weighted by Crippen LogP contribution is -2.50. The van der Waals surface area contributed by atoms with Gasteiger partial charge in [-0.25, -0.2) is 9.59 Å². The van der Waals surface area contributed by atoms with E-state index in [-0.39, 0.29) is 42.2 Å². The lowest BCUT2D eigenvalue weighted by atomic mass is 9.95. The number of hydrogen-bond acceptors (Lipinski definition) is 5. The van der Waals surface area contributed by atoms with Gasteiger partial charge in [0.1, 0.15) is 5.60 Å². The van der Waals surface area contributed by atoms with Gasteiger partial charge in [0, 0.05) is 45.8 Å². The first-order valence-electron chi connectivity index (χ1n) is 11.6. The summed E-state index contributed by atoms with van der Waals surface area (Å²) in [5, 5.41) is 6.86. The molecular formula is C22H42IN5O4. The predicted octanol–water partition coefficient (Wildman–Crippen LogP) is 3.43. The Bertz CT molecular complexity index is 618. The van der Waals surface area contributed by atoms with Crippen molar-refractivity contribution in [3.63, 3.8) is 0 Å². The number of amides is 2. The number of carbonyl (C=O) groups is 2. The lowest BCUT2D eigenvalue weighted by molar-refractivity contribution is 0.0162. The van der Waals surface area contributed by atoms with Crippen LogP contribution < -0.4 is 10.6 Å². The van der Waals surface area contributed by atoms with Crippen LogP contribution in [0.15, 0.2) is 4.99 Å². The van der Waals surface area contributed by atoms with Gasteiger partial charge in [0.25, 0.3) is 0 Å². The van der Waals surface area contributed by atoms with Gasteiger partial charge in [0.2, 0.25) is 0 Å². The van der Waals surface area contributed by atoms with E-state index in [0.717, 1.165) is 57.7 Å². The van der Waals surface area contributed by atoms with Crippen molar-refractivity contribution in [1.82, 2.24) is 20.4 Å². The van der Waals surface area contributed by atoms with Crippen molar-refractivity contribution in [2.75, 3.05) is 46.4 Å². The number of nitrogens with one attached hydrogen (secondary N) is 2. The van der Waals surface area contributed by atoms with Gasteiger partial charge < -0.3 is 29.9 Å². The van der Waals surface area contributed by atoms with Crippen LogP contribution in [-0.4, -0.2) is 86.0 Å². The van der Waals surface area contributed by atoms with Gasteiger partial charge in [0.05, 0.1) is 6.61 Å². The van der Waals surface area contributed by atoms with E-state index in [1.165, 1.54) is 0 Å². The smallest absolute Gasteiger partial charge is 0.410 e. The molecule has 0 saturated carbocycles. The second-order valence-corrected chi connectivity index (χ2v) is 9.33. The molecule has 0 spiro atoms. The molecule has 10 heteroatoms. The first kappa shape index (κ1) is 28.6. The van der Waals surface area contributed by atoms with Gasteiger partial charge in [-0.1, -0.05) is 0 Å². The largest absolute Gasteiger partial charge is 0.450 e. The van der Waals surface area contributed by atoms with Gasteiger partial charge in [-0.3, -0.25) is 4.99 Å². The van der Waals surface area contributed by atoms with E-state index in [1.807, 2.05) is 32.6 Å². The Balaban J connectivity index is 0.00000512. The van der Waals surface area contributed by atoms with Crippen molar-refractivity contribution >= 4 is 42.1 Å². The molecule has 0 bridgehead atoms. The minimum atomic E-state index is -0.462. The molecule has 0 radical (unpaired) electrons. The Morgan fingerprint density at radius 1 is 1.06 bits per heavy atom. The minimum absolute atomic E-state index is 0. The van der Waals surface area contributed by atoms with Gasteiger partial charge >= 0.3 is 12.2 Å². The standard InChI is InChI=1S/C22H41N5O4.HI/c1-6-30-20(28)26-14-10-18(11-15-26)25-19(23-5)24-12-9-17-8-7-13-27(16-17)21(29)31-22(2,3)4;/h17-18H,6-16H2,1-5H3,(H2,23,24,25);1H. The van der Waals surface area contributed by atoms with Crippen LogP contribution in [0.25, 0.3) is 0 Å². The van der Waals surface area contributed by atoms with E-state index in [2.05, 4.69) is 15.6 Å². The van der Waals surface area contributed by atoms with E-state index < -0.39 is 5.60 Å². The number of hydrogen-bond donors (Lipinski definition) is 2. The lowest BCUT2D eigenvalue weighted by Gasteiger charge is -2.34. The highest BCUT2D eigenvalue weighted by molar-refractivity contribution is 14.0. The molecule has 2 heterocycles. The SMILES string of the molecule is CCOC(=O)N1CCC(NC(=NC)NCCC2CCCN(C(=O)OC(C)(C)C)C2)CC1.I. The average Bonchev–Trinajstić information content (AvgIpc) is 2.72. The van der Waals surface area contributed by atoms with Crippen molar-refractivity contribution in [2.24, 2.45) is 10.9 Å².